The van der Waals surface area contributed by atoms with Crippen LogP contribution in [-0.4, -0.2) is 25.1 Å². The fourth-order valence-corrected chi connectivity index (χ4v) is 2.36. The molecule has 1 amide bonds. The molecule has 0 aliphatic rings. The van der Waals surface area contributed by atoms with Gasteiger partial charge < -0.3 is 14.8 Å². The molecule has 0 aliphatic carbocycles. The van der Waals surface area contributed by atoms with Crippen LogP contribution in [0.1, 0.15) is 27.9 Å². The van der Waals surface area contributed by atoms with Crippen LogP contribution in [-0.2, 0) is 9.53 Å². The molecule has 0 aliphatic heterocycles. The van der Waals surface area contributed by atoms with Gasteiger partial charge in [-0.05, 0) is 61.4 Å². The average Bonchev–Trinajstić information content (AvgIpc) is 2.58. The second-order valence-electron chi connectivity index (χ2n) is 5.77. The summed E-state index contributed by atoms with van der Waals surface area (Å²) in [4.78, 5) is 23.3. The zero-order valence-corrected chi connectivity index (χ0v) is 14.7. The van der Waals surface area contributed by atoms with Gasteiger partial charge in [-0.1, -0.05) is 6.07 Å². The van der Waals surface area contributed by atoms with Gasteiger partial charge in [-0.15, -0.1) is 0 Å². The van der Waals surface area contributed by atoms with Crippen molar-refractivity contribution in [2.24, 2.45) is 0 Å². The fourth-order valence-electron chi connectivity index (χ4n) is 2.36. The summed E-state index contributed by atoms with van der Waals surface area (Å²) in [6.45, 7) is 4.38. The number of esters is 1. The van der Waals surface area contributed by atoms with E-state index in [2.05, 4.69) is 11.4 Å². The Bertz CT molecular complexity index is 802. The number of hydrogen-bond acceptors (Lipinski definition) is 5. The van der Waals surface area contributed by atoms with Crippen LogP contribution < -0.4 is 10.1 Å². The van der Waals surface area contributed by atoms with Gasteiger partial charge >= 0.3 is 5.97 Å². The number of nitrogens with zero attached hydrogens (tertiary/aromatic N) is 1. The van der Waals surface area contributed by atoms with Gasteiger partial charge in [0.15, 0.2) is 0 Å². The molecule has 26 heavy (non-hydrogen) atoms. The number of amides is 1. The molecule has 0 aromatic heterocycles. The van der Waals surface area contributed by atoms with Crippen molar-refractivity contribution in [3.8, 4) is 11.8 Å². The van der Waals surface area contributed by atoms with E-state index < -0.39 is 11.9 Å². The number of benzene rings is 2. The summed E-state index contributed by atoms with van der Waals surface area (Å²) in [5, 5.41) is 11.0. The van der Waals surface area contributed by atoms with Crippen LogP contribution in [0.2, 0.25) is 0 Å². The van der Waals surface area contributed by atoms with Gasteiger partial charge in [0, 0.05) is 5.69 Å². The Labute approximate surface area is 152 Å². The first kappa shape index (κ1) is 19.0. The second-order valence-corrected chi connectivity index (χ2v) is 5.77. The van der Waals surface area contributed by atoms with Crippen LogP contribution in [0, 0.1) is 25.2 Å². The van der Waals surface area contributed by atoms with Crippen molar-refractivity contribution in [1.29, 1.82) is 5.26 Å². The highest BCUT2D eigenvalue weighted by molar-refractivity contribution is 5.93. The van der Waals surface area contributed by atoms with E-state index in [1.807, 2.05) is 26.0 Å². The van der Waals surface area contributed by atoms with Crippen molar-refractivity contribution in [3.05, 3.63) is 59.2 Å². The molecule has 6 heteroatoms. The van der Waals surface area contributed by atoms with Crippen LogP contribution in [0.4, 0.5) is 5.69 Å². The van der Waals surface area contributed by atoms with Gasteiger partial charge in [0.1, 0.15) is 25.4 Å². The molecule has 1 N–H and O–H groups in total. The third-order valence-corrected chi connectivity index (χ3v) is 3.42. The lowest BCUT2D eigenvalue weighted by molar-refractivity contribution is -0.115. The molecule has 2 rings (SSSR count). The highest BCUT2D eigenvalue weighted by Crippen LogP contribution is 2.16. The molecule has 0 radical (unpaired) electrons. The monoisotopic (exact) mass is 352 g/mol. The van der Waals surface area contributed by atoms with Gasteiger partial charge in [0.25, 0.3) is 0 Å². The zero-order chi connectivity index (χ0) is 18.9. The normalized spacial score (nSPS) is 9.88. The molecular weight excluding hydrogens is 332 g/mol. The lowest BCUT2D eigenvalue weighted by Gasteiger charge is -2.09. The molecule has 0 atom stereocenters. The van der Waals surface area contributed by atoms with Crippen LogP contribution in [0.15, 0.2) is 42.5 Å². The Morgan fingerprint density at radius 3 is 2.31 bits per heavy atom. The SMILES string of the molecule is Cc1cc(C)cc(OCCOC(=O)c2ccc(NC(=O)CC#N)cc2)c1. The minimum absolute atomic E-state index is 0.131. The molecule has 0 saturated carbocycles. The number of nitriles is 1. The van der Waals surface area contributed by atoms with Crippen LogP contribution in [0.3, 0.4) is 0 Å². The molecule has 0 saturated heterocycles. The summed E-state index contributed by atoms with van der Waals surface area (Å²) in [5.74, 6) is -0.119. The predicted molar refractivity (Wildman–Crippen MR) is 97.0 cm³/mol. The van der Waals surface area contributed by atoms with Gasteiger partial charge in [-0.25, -0.2) is 4.79 Å². The van der Waals surface area contributed by atoms with Crippen molar-refractivity contribution in [2.75, 3.05) is 18.5 Å². The average molecular weight is 352 g/mol. The first-order valence-corrected chi connectivity index (χ1v) is 8.13. The lowest BCUT2D eigenvalue weighted by Crippen LogP contribution is -2.13. The van der Waals surface area contributed by atoms with Crippen LogP contribution in [0.25, 0.3) is 0 Å². The highest BCUT2D eigenvalue weighted by Gasteiger charge is 2.08. The molecule has 0 fully saturated rings. The Balaban J connectivity index is 1.79. The molecule has 2 aromatic rings. The summed E-state index contributed by atoms with van der Waals surface area (Å²) in [5.41, 5.74) is 3.10. The van der Waals surface area contributed by atoms with Crippen molar-refractivity contribution in [2.45, 2.75) is 20.3 Å². The number of anilines is 1. The molecule has 134 valence electrons. The molecule has 0 unspecified atom stereocenters. The third kappa shape index (κ3) is 5.95. The van der Waals surface area contributed by atoms with Crippen molar-refractivity contribution >= 4 is 17.6 Å². The topological polar surface area (TPSA) is 88.4 Å². The number of hydrogen-bond donors (Lipinski definition) is 1. The third-order valence-electron chi connectivity index (χ3n) is 3.42. The maximum atomic E-state index is 12.0. The number of ether oxygens (including phenoxy) is 2. The number of carbonyl (C=O) groups excluding carboxylic acids is 2. The Hall–Kier alpha value is -3.33. The number of rotatable bonds is 7. The molecule has 6 nitrogen and oxygen atoms in total. The molecule has 2 aromatic carbocycles. The second kappa shape index (κ2) is 9.23. The minimum Gasteiger partial charge on any atom is -0.490 e. The maximum absolute atomic E-state index is 12.0. The zero-order valence-electron chi connectivity index (χ0n) is 14.7. The molecule has 0 bridgehead atoms. The van der Waals surface area contributed by atoms with E-state index in [-0.39, 0.29) is 19.6 Å². The van der Waals surface area contributed by atoms with Gasteiger partial charge in [-0.3, -0.25) is 4.79 Å². The number of aryl methyl sites for hydroxylation is 2. The van der Waals surface area contributed by atoms with E-state index in [0.29, 0.717) is 11.3 Å². The number of carbonyl (C=O) groups is 2. The summed E-state index contributed by atoms with van der Waals surface area (Å²) in [6.07, 6.45) is -0.218. The van der Waals surface area contributed by atoms with E-state index in [4.69, 9.17) is 14.7 Å². The summed E-state index contributed by atoms with van der Waals surface area (Å²) >= 11 is 0. The lowest BCUT2D eigenvalue weighted by atomic mass is 10.1. The molecule has 0 spiro atoms. The number of nitrogens with one attached hydrogen (secondary N) is 1. The Morgan fingerprint density at radius 2 is 1.69 bits per heavy atom. The standard InChI is InChI=1S/C20H20N2O4/c1-14-11-15(2)13-18(12-14)25-9-10-26-20(24)16-3-5-17(6-4-16)22-19(23)7-8-21/h3-6,11-13H,7,9-10H2,1-2H3,(H,22,23). The summed E-state index contributed by atoms with van der Waals surface area (Å²) in [6, 6.07) is 13.9. The minimum atomic E-state index is -0.469. The van der Waals surface area contributed by atoms with Gasteiger partial charge in [0.2, 0.25) is 5.91 Å². The Kier molecular flexibility index (Phi) is 6.75. The maximum Gasteiger partial charge on any atom is 0.338 e. The fraction of sp³-hybridized carbons (Fsp3) is 0.250. The molecule has 0 heterocycles. The Morgan fingerprint density at radius 1 is 1.04 bits per heavy atom. The quantitative estimate of drug-likeness (QED) is 0.609. The summed E-state index contributed by atoms with van der Waals surface area (Å²) < 4.78 is 10.8. The van der Waals surface area contributed by atoms with Crippen molar-refractivity contribution < 1.29 is 19.1 Å². The first-order valence-electron chi connectivity index (χ1n) is 8.13. The molecular formula is C20H20N2O4. The largest absolute Gasteiger partial charge is 0.490 e. The van der Waals surface area contributed by atoms with E-state index in [1.54, 1.807) is 30.3 Å². The van der Waals surface area contributed by atoms with Crippen LogP contribution >= 0.6 is 0 Å². The van der Waals surface area contributed by atoms with E-state index in [1.165, 1.54) is 0 Å². The summed E-state index contributed by atoms with van der Waals surface area (Å²) in [7, 11) is 0. The van der Waals surface area contributed by atoms with Crippen molar-refractivity contribution in [3.63, 3.8) is 0 Å². The van der Waals surface area contributed by atoms with E-state index in [9.17, 15) is 9.59 Å². The smallest absolute Gasteiger partial charge is 0.338 e. The van der Waals surface area contributed by atoms with Gasteiger partial charge in [0.05, 0.1) is 11.6 Å². The van der Waals surface area contributed by atoms with E-state index in [0.717, 1.165) is 16.9 Å². The first-order chi connectivity index (χ1) is 12.5. The van der Waals surface area contributed by atoms with E-state index >= 15 is 0 Å². The van der Waals surface area contributed by atoms with Gasteiger partial charge in [-0.2, -0.15) is 5.26 Å². The highest BCUT2D eigenvalue weighted by atomic mass is 16.6. The van der Waals surface area contributed by atoms with Crippen molar-refractivity contribution in [1.82, 2.24) is 0 Å². The van der Waals surface area contributed by atoms with Crippen LogP contribution in [0.5, 0.6) is 5.75 Å². The predicted octanol–water partition coefficient (Wildman–Crippen LogP) is 3.39.